The highest BCUT2D eigenvalue weighted by Gasteiger charge is 2.03. The first-order valence-corrected chi connectivity index (χ1v) is 6.26. The fourth-order valence-corrected chi connectivity index (χ4v) is 1.98. The van der Waals surface area contributed by atoms with Crippen LogP contribution in [-0.2, 0) is 0 Å². The number of rotatable bonds is 3. The van der Waals surface area contributed by atoms with Crippen molar-refractivity contribution in [2.75, 3.05) is 0 Å². The molecule has 0 fully saturated rings. The smallest absolute Gasteiger partial charge is 0.131 e. The molecule has 0 spiro atoms. The van der Waals surface area contributed by atoms with E-state index in [1.807, 2.05) is 0 Å². The largest absolute Gasteiger partial charge is 0.457 e. The first-order chi connectivity index (χ1) is 8.54. The molecule has 2 nitrogen and oxygen atoms in total. The van der Waals surface area contributed by atoms with Gasteiger partial charge in [-0.15, -0.1) is 0 Å². The Morgan fingerprint density at radius 1 is 1.11 bits per heavy atom. The first kappa shape index (κ1) is 13.1. The van der Waals surface area contributed by atoms with Crippen LogP contribution in [0.4, 0.5) is 4.39 Å². The number of benzene rings is 2. The van der Waals surface area contributed by atoms with Gasteiger partial charge in [0.25, 0.3) is 0 Å². The molecule has 1 N–H and O–H groups in total. The monoisotopic (exact) mass is 310 g/mol. The van der Waals surface area contributed by atoms with Gasteiger partial charge in [-0.1, -0.05) is 28.1 Å². The van der Waals surface area contributed by atoms with Gasteiger partial charge < -0.3 is 9.84 Å². The minimum absolute atomic E-state index is 0.361. The molecule has 0 saturated carbocycles. The molecule has 0 saturated heterocycles. The van der Waals surface area contributed by atoms with Gasteiger partial charge in [-0.2, -0.15) is 0 Å². The maximum atomic E-state index is 13.2. The summed E-state index contributed by atoms with van der Waals surface area (Å²) in [7, 11) is 0. The number of halogens is 2. The third-order valence-electron chi connectivity index (χ3n) is 2.43. The summed E-state index contributed by atoms with van der Waals surface area (Å²) in [6.45, 7) is 1.69. The van der Waals surface area contributed by atoms with Crippen LogP contribution in [-0.4, -0.2) is 5.11 Å². The van der Waals surface area contributed by atoms with Crippen molar-refractivity contribution in [2.45, 2.75) is 13.0 Å². The molecule has 0 heterocycles. The molecule has 4 heteroatoms. The van der Waals surface area contributed by atoms with Crippen molar-refractivity contribution in [2.24, 2.45) is 0 Å². The van der Waals surface area contributed by atoms with E-state index in [2.05, 4.69) is 15.9 Å². The zero-order chi connectivity index (χ0) is 13.1. The Kier molecular flexibility index (Phi) is 3.99. The summed E-state index contributed by atoms with van der Waals surface area (Å²) in [6, 6.07) is 11.4. The van der Waals surface area contributed by atoms with Gasteiger partial charge in [0, 0.05) is 10.5 Å². The fraction of sp³-hybridized carbons (Fsp3) is 0.143. The van der Waals surface area contributed by atoms with Crippen molar-refractivity contribution in [1.29, 1.82) is 0 Å². The standard InChI is InChI=1S/C14H12BrFO2/c1-9(17)10-2-4-13(5-3-10)18-14-7-11(15)6-12(16)8-14/h2-9,17H,1H3/t9-/m1/s1. The molecule has 94 valence electrons. The molecule has 18 heavy (non-hydrogen) atoms. The summed E-state index contributed by atoms with van der Waals surface area (Å²) in [4.78, 5) is 0. The van der Waals surface area contributed by atoms with E-state index in [4.69, 9.17) is 4.74 Å². The SMILES string of the molecule is C[C@@H](O)c1ccc(Oc2cc(F)cc(Br)c2)cc1. The summed E-state index contributed by atoms with van der Waals surface area (Å²) < 4.78 is 19.3. The van der Waals surface area contributed by atoms with E-state index in [-0.39, 0.29) is 5.82 Å². The van der Waals surface area contributed by atoms with Crippen molar-refractivity contribution < 1.29 is 14.2 Å². The highest BCUT2D eigenvalue weighted by atomic mass is 79.9. The predicted molar refractivity (Wildman–Crippen MR) is 71.2 cm³/mol. The Bertz CT molecular complexity index is 518. The average molecular weight is 311 g/mol. The Labute approximate surface area is 113 Å². The Morgan fingerprint density at radius 3 is 2.33 bits per heavy atom. The van der Waals surface area contributed by atoms with Crippen molar-refractivity contribution in [3.8, 4) is 11.5 Å². The molecule has 0 unspecified atom stereocenters. The molecule has 0 amide bonds. The lowest BCUT2D eigenvalue weighted by Gasteiger charge is -2.08. The number of aliphatic hydroxyl groups is 1. The normalized spacial score (nSPS) is 12.2. The molecule has 2 rings (SSSR count). The van der Waals surface area contributed by atoms with Crippen molar-refractivity contribution >= 4 is 15.9 Å². The van der Waals surface area contributed by atoms with Gasteiger partial charge >= 0.3 is 0 Å². The van der Waals surface area contributed by atoms with Gasteiger partial charge in [0.15, 0.2) is 0 Å². The van der Waals surface area contributed by atoms with Crippen LogP contribution >= 0.6 is 15.9 Å². The zero-order valence-corrected chi connectivity index (χ0v) is 11.3. The van der Waals surface area contributed by atoms with E-state index in [1.54, 1.807) is 37.3 Å². The molecule has 0 radical (unpaired) electrons. The second kappa shape index (κ2) is 5.50. The van der Waals surface area contributed by atoms with Crippen LogP contribution in [0.1, 0.15) is 18.6 Å². The first-order valence-electron chi connectivity index (χ1n) is 5.46. The zero-order valence-electron chi connectivity index (χ0n) is 9.73. The molecule has 0 aliphatic rings. The highest BCUT2D eigenvalue weighted by Crippen LogP contribution is 2.26. The van der Waals surface area contributed by atoms with E-state index in [1.165, 1.54) is 12.1 Å². The minimum atomic E-state index is -0.512. The molecule has 0 aliphatic heterocycles. The third-order valence-corrected chi connectivity index (χ3v) is 2.89. The van der Waals surface area contributed by atoms with E-state index < -0.39 is 6.10 Å². The second-order valence-electron chi connectivity index (χ2n) is 3.95. The van der Waals surface area contributed by atoms with Crippen molar-refractivity contribution in [3.63, 3.8) is 0 Å². The Morgan fingerprint density at radius 2 is 1.78 bits per heavy atom. The number of ether oxygens (including phenoxy) is 1. The van der Waals surface area contributed by atoms with Crippen LogP contribution < -0.4 is 4.74 Å². The van der Waals surface area contributed by atoms with Crippen LogP contribution in [0.25, 0.3) is 0 Å². The van der Waals surface area contributed by atoms with E-state index >= 15 is 0 Å². The number of hydrogen-bond acceptors (Lipinski definition) is 2. The number of aliphatic hydroxyl groups excluding tert-OH is 1. The predicted octanol–water partition coefficient (Wildman–Crippen LogP) is 4.43. The van der Waals surface area contributed by atoms with Gasteiger partial charge in [0.05, 0.1) is 6.10 Å². The molecular formula is C14H12BrFO2. The van der Waals surface area contributed by atoms with Crippen LogP contribution in [0, 0.1) is 5.82 Å². The lowest BCUT2D eigenvalue weighted by molar-refractivity contribution is 0.199. The summed E-state index contributed by atoms with van der Waals surface area (Å²) in [6.07, 6.45) is -0.512. The van der Waals surface area contributed by atoms with E-state index in [0.717, 1.165) is 5.56 Å². The van der Waals surface area contributed by atoms with Gasteiger partial charge in [-0.05, 0) is 36.8 Å². The summed E-state index contributed by atoms with van der Waals surface area (Å²) in [5.41, 5.74) is 0.808. The fourth-order valence-electron chi connectivity index (χ4n) is 1.54. The minimum Gasteiger partial charge on any atom is -0.457 e. The Balaban J connectivity index is 2.18. The van der Waals surface area contributed by atoms with Gasteiger partial charge in [-0.3, -0.25) is 0 Å². The number of hydrogen-bond donors (Lipinski definition) is 1. The summed E-state index contributed by atoms with van der Waals surface area (Å²) in [5, 5.41) is 9.38. The summed E-state index contributed by atoms with van der Waals surface area (Å²) >= 11 is 3.20. The maximum absolute atomic E-state index is 13.2. The Hall–Kier alpha value is -1.39. The van der Waals surface area contributed by atoms with Crippen LogP contribution in [0.15, 0.2) is 46.9 Å². The summed E-state index contributed by atoms with van der Waals surface area (Å²) in [5.74, 6) is 0.656. The molecule has 0 bridgehead atoms. The van der Waals surface area contributed by atoms with Crippen LogP contribution in [0.3, 0.4) is 0 Å². The van der Waals surface area contributed by atoms with E-state index in [9.17, 15) is 9.50 Å². The molecular weight excluding hydrogens is 299 g/mol. The van der Waals surface area contributed by atoms with Crippen LogP contribution in [0.2, 0.25) is 0 Å². The van der Waals surface area contributed by atoms with Crippen molar-refractivity contribution in [1.82, 2.24) is 0 Å². The maximum Gasteiger partial charge on any atom is 0.131 e. The van der Waals surface area contributed by atoms with Gasteiger partial charge in [-0.25, -0.2) is 4.39 Å². The topological polar surface area (TPSA) is 29.5 Å². The quantitative estimate of drug-likeness (QED) is 0.908. The third kappa shape index (κ3) is 3.31. The highest BCUT2D eigenvalue weighted by molar-refractivity contribution is 9.10. The van der Waals surface area contributed by atoms with Crippen LogP contribution in [0.5, 0.6) is 11.5 Å². The molecule has 0 aromatic heterocycles. The lowest BCUT2D eigenvalue weighted by atomic mass is 10.1. The van der Waals surface area contributed by atoms with Crippen molar-refractivity contribution in [3.05, 3.63) is 58.3 Å². The van der Waals surface area contributed by atoms with Gasteiger partial charge in [0.1, 0.15) is 17.3 Å². The molecule has 0 aliphatic carbocycles. The van der Waals surface area contributed by atoms with Gasteiger partial charge in [0.2, 0.25) is 0 Å². The second-order valence-corrected chi connectivity index (χ2v) is 4.87. The molecule has 2 aromatic rings. The van der Waals surface area contributed by atoms with E-state index in [0.29, 0.717) is 16.0 Å². The molecule has 2 aromatic carbocycles. The average Bonchev–Trinajstić information content (AvgIpc) is 2.28. The lowest BCUT2D eigenvalue weighted by Crippen LogP contribution is -1.91. The molecule has 1 atom stereocenters.